The first-order chi connectivity index (χ1) is 5.85. The van der Waals surface area contributed by atoms with Gasteiger partial charge in [-0.3, -0.25) is 0 Å². The fourth-order valence-electron chi connectivity index (χ4n) is 1.18. The van der Waals surface area contributed by atoms with E-state index in [1.807, 2.05) is 0 Å². The molecule has 0 heterocycles. The lowest BCUT2D eigenvalue weighted by molar-refractivity contribution is 0.0336. The smallest absolute Gasteiger partial charge is 0.0575 e. The highest BCUT2D eigenvalue weighted by Gasteiger charge is 2.05. The Balaban J connectivity index is 3.34. The van der Waals surface area contributed by atoms with E-state index in [1.54, 1.807) is 0 Å². The predicted molar refractivity (Wildman–Crippen MR) is 50.9 cm³/mol. The summed E-state index contributed by atoms with van der Waals surface area (Å²) in [7, 11) is 0. The van der Waals surface area contributed by atoms with Crippen LogP contribution in [0.2, 0.25) is 0 Å². The molecule has 2 heteroatoms. The lowest BCUT2D eigenvalue weighted by atomic mass is 10.1. The highest BCUT2D eigenvalue weighted by atomic mass is 16.5. The molecule has 0 aliphatic rings. The van der Waals surface area contributed by atoms with Crippen molar-refractivity contribution in [2.45, 2.75) is 45.1 Å². The maximum atomic E-state index is 8.55. The van der Waals surface area contributed by atoms with Gasteiger partial charge in [-0.2, -0.15) is 0 Å². The minimum absolute atomic E-state index is 0.225. The molecule has 2 nitrogen and oxygen atoms in total. The quantitative estimate of drug-likeness (QED) is 0.570. The fraction of sp³-hybridized carbons (Fsp3) is 0.900. The Kier molecular flexibility index (Phi) is 8.95. The van der Waals surface area contributed by atoms with Crippen molar-refractivity contribution in [3.63, 3.8) is 0 Å². The van der Waals surface area contributed by atoms with Crippen molar-refractivity contribution in [1.29, 1.82) is 0 Å². The van der Waals surface area contributed by atoms with Gasteiger partial charge in [0.15, 0.2) is 0 Å². The van der Waals surface area contributed by atoms with E-state index >= 15 is 0 Å². The van der Waals surface area contributed by atoms with Gasteiger partial charge in [0.2, 0.25) is 0 Å². The number of aliphatic hydroxyl groups is 1. The van der Waals surface area contributed by atoms with Crippen molar-refractivity contribution in [2.75, 3.05) is 13.2 Å². The topological polar surface area (TPSA) is 29.5 Å². The second-order valence-electron chi connectivity index (χ2n) is 3.00. The Morgan fingerprint density at radius 1 is 1.42 bits per heavy atom. The molecule has 1 unspecified atom stereocenters. The third-order valence-corrected chi connectivity index (χ3v) is 1.79. The van der Waals surface area contributed by atoms with Crippen molar-refractivity contribution < 1.29 is 9.84 Å². The summed E-state index contributed by atoms with van der Waals surface area (Å²) in [6.07, 6.45) is 5.35. The van der Waals surface area contributed by atoms with Crippen molar-refractivity contribution in [3.8, 4) is 0 Å². The van der Waals surface area contributed by atoms with Gasteiger partial charge < -0.3 is 9.84 Å². The highest BCUT2D eigenvalue weighted by Crippen LogP contribution is 2.09. The molecule has 0 spiro atoms. The molecule has 1 N–H and O–H groups in total. The zero-order valence-electron chi connectivity index (χ0n) is 8.09. The number of rotatable bonds is 8. The molecule has 0 amide bonds. The van der Waals surface area contributed by atoms with Gasteiger partial charge in [0.05, 0.1) is 6.10 Å². The molecule has 0 saturated carbocycles. The highest BCUT2D eigenvalue weighted by molar-refractivity contribution is 4.58. The number of hydrogen-bond donors (Lipinski definition) is 1. The molecule has 1 atom stereocenters. The normalized spacial score (nSPS) is 11.0. The predicted octanol–water partition coefficient (Wildman–Crippen LogP) is 2.17. The molecular weight excluding hydrogens is 152 g/mol. The molecule has 0 aromatic rings. The van der Waals surface area contributed by atoms with Crippen molar-refractivity contribution in [1.82, 2.24) is 0 Å². The van der Waals surface area contributed by atoms with Gasteiger partial charge in [0, 0.05) is 13.2 Å². The fourth-order valence-corrected chi connectivity index (χ4v) is 1.18. The van der Waals surface area contributed by atoms with Gasteiger partial charge in [-0.1, -0.05) is 26.7 Å². The Hall–Kier alpha value is -0.0800. The van der Waals surface area contributed by atoms with Crippen LogP contribution in [0.15, 0.2) is 0 Å². The first-order valence-corrected chi connectivity index (χ1v) is 4.86. The van der Waals surface area contributed by atoms with Crippen LogP contribution in [-0.4, -0.2) is 24.4 Å². The summed E-state index contributed by atoms with van der Waals surface area (Å²) in [5, 5.41) is 8.55. The monoisotopic (exact) mass is 173 g/mol. The van der Waals surface area contributed by atoms with Crippen LogP contribution in [0.1, 0.15) is 39.0 Å². The average molecular weight is 173 g/mol. The SMILES string of the molecule is [CH2]CCC(CCC)OCCCO. The van der Waals surface area contributed by atoms with Gasteiger partial charge in [0.1, 0.15) is 0 Å². The Morgan fingerprint density at radius 2 is 2.17 bits per heavy atom. The van der Waals surface area contributed by atoms with E-state index in [4.69, 9.17) is 9.84 Å². The molecule has 0 bridgehead atoms. The first-order valence-electron chi connectivity index (χ1n) is 4.86. The number of ether oxygens (including phenoxy) is 1. The van der Waals surface area contributed by atoms with Crippen LogP contribution in [0.4, 0.5) is 0 Å². The Labute approximate surface area is 75.9 Å². The van der Waals surface area contributed by atoms with Gasteiger partial charge in [-0.15, -0.1) is 0 Å². The van der Waals surface area contributed by atoms with Crippen molar-refractivity contribution in [2.24, 2.45) is 0 Å². The lowest BCUT2D eigenvalue weighted by Gasteiger charge is -2.15. The van der Waals surface area contributed by atoms with Crippen LogP contribution in [0, 0.1) is 6.92 Å². The summed E-state index contributed by atoms with van der Waals surface area (Å²) >= 11 is 0. The van der Waals surface area contributed by atoms with E-state index in [1.165, 1.54) is 0 Å². The largest absolute Gasteiger partial charge is 0.396 e. The van der Waals surface area contributed by atoms with Gasteiger partial charge >= 0.3 is 0 Å². The number of hydrogen-bond acceptors (Lipinski definition) is 2. The lowest BCUT2D eigenvalue weighted by Crippen LogP contribution is -2.13. The molecule has 0 aromatic heterocycles. The maximum Gasteiger partial charge on any atom is 0.0575 e. The van der Waals surface area contributed by atoms with Crippen LogP contribution >= 0.6 is 0 Å². The summed E-state index contributed by atoms with van der Waals surface area (Å²) < 4.78 is 5.56. The van der Waals surface area contributed by atoms with Crippen LogP contribution in [0.3, 0.4) is 0 Å². The van der Waals surface area contributed by atoms with Gasteiger partial charge in [-0.25, -0.2) is 0 Å². The van der Waals surface area contributed by atoms with Crippen LogP contribution in [0.5, 0.6) is 0 Å². The summed E-state index contributed by atoms with van der Waals surface area (Å²) in [6.45, 7) is 6.87. The summed E-state index contributed by atoms with van der Waals surface area (Å²) in [6, 6.07) is 0. The van der Waals surface area contributed by atoms with Crippen molar-refractivity contribution in [3.05, 3.63) is 6.92 Å². The van der Waals surface area contributed by atoms with Crippen LogP contribution in [-0.2, 0) is 4.74 Å². The van der Waals surface area contributed by atoms with Crippen molar-refractivity contribution >= 4 is 0 Å². The first kappa shape index (κ1) is 11.9. The molecule has 0 saturated heterocycles. The zero-order chi connectivity index (χ0) is 9.23. The van der Waals surface area contributed by atoms with Gasteiger partial charge in [0.25, 0.3) is 0 Å². The van der Waals surface area contributed by atoms with E-state index in [2.05, 4.69) is 13.8 Å². The standard InChI is InChI=1S/C10H21O2/c1-3-6-10(7-4-2)12-9-5-8-11/h10-11H,1,3-9H2,2H3. The van der Waals surface area contributed by atoms with E-state index in [-0.39, 0.29) is 6.61 Å². The van der Waals surface area contributed by atoms with Crippen LogP contribution in [0.25, 0.3) is 0 Å². The zero-order valence-corrected chi connectivity index (χ0v) is 8.09. The second-order valence-corrected chi connectivity index (χ2v) is 3.00. The third-order valence-electron chi connectivity index (χ3n) is 1.79. The minimum atomic E-state index is 0.225. The molecule has 0 fully saturated rings. The number of aliphatic hydroxyl groups excluding tert-OH is 1. The summed E-state index contributed by atoms with van der Waals surface area (Å²) in [4.78, 5) is 0. The van der Waals surface area contributed by atoms with E-state index in [9.17, 15) is 0 Å². The molecule has 0 aliphatic heterocycles. The molecule has 1 radical (unpaired) electrons. The maximum absolute atomic E-state index is 8.55. The second kappa shape index (κ2) is 9.01. The summed E-state index contributed by atoms with van der Waals surface area (Å²) in [5.74, 6) is 0. The van der Waals surface area contributed by atoms with Gasteiger partial charge in [-0.05, 0) is 19.3 Å². The molecule has 0 rings (SSSR count). The third kappa shape index (κ3) is 6.62. The molecule has 73 valence electrons. The molecule has 0 aromatic carbocycles. The molecular formula is C10H21O2. The van der Waals surface area contributed by atoms with E-state index in [0.29, 0.717) is 12.7 Å². The van der Waals surface area contributed by atoms with E-state index < -0.39 is 0 Å². The average Bonchev–Trinajstić information content (AvgIpc) is 2.06. The molecule has 0 aliphatic carbocycles. The Morgan fingerprint density at radius 3 is 2.67 bits per heavy atom. The minimum Gasteiger partial charge on any atom is -0.396 e. The van der Waals surface area contributed by atoms with Crippen LogP contribution < -0.4 is 0 Å². The molecule has 12 heavy (non-hydrogen) atoms. The summed E-state index contributed by atoms with van der Waals surface area (Å²) in [5.41, 5.74) is 0. The van der Waals surface area contributed by atoms with E-state index in [0.717, 1.165) is 32.1 Å². The Bertz CT molecular complexity index is 77.9.